The zero-order valence-electron chi connectivity index (χ0n) is 9.26. The molecule has 2 rings (SSSR count). The molecule has 90 valence electrons. The van der Waals surface area contributed by atoms with Crippen molar-refractivity contribution in [1.82, 2.24) is 4.98 Å². The number of benzene rings is 1. The summed E-state index contributed by atoms with van der Waals surface area (Å²) in [6.07, 6.45) is -1.94. The Labute approximate surface area is 103 Å². The molecule has 0 spiro atoms. The summed E-state index contributed by atoms with van der Waals surface area (Å²) in [5, 5.41) is 11.6. The Kier molecular flexibility index (Phi) is 3.71. The van der Waals surface area contributed by atoms with Crippen LogP contribution in [-0.4, -0.2) is 10.1 Å². The lowest BCUT2D eigenvalue weighted by atomic mass is 10.2. The summed E-state index contributed by atoms with van der Waals surface area (Å²) in [4.78, 5) is 4.27. The quantitative estimate of drug-likeness (QED) is 0.910. The van der Waals surface area contributed by atoms with Gasteiger partial charge in [0.05, 0.1) is 10.7 Å². The number of ether oxygens (including phenoxy) is 1. The molecule has 0 saturated heterocycles. The number of hydrogen-bond acceptors (Lipinski definition) is 4. The molecule has 1 aromatic heterocycles. The molecular formula is C12H12FNO2S. The number of aliphatic hydroxyl groups excluding tert-OH is 1. The van der Waals surface area contributed by atoms with Crippen molar-refractivity contribution < 1.29 is 14.2 Å². The molecule has 1 atom stereocenters. The van der Waals surface area contributed by atoms with Crippen LogP contribution >= 0.6 is 11.3 Å². The minimum atomic E-state index is -1.94. The first-order valence-electron chi connectivity index (χ1n) is 5.11. The van der Waals surface area contributed by atoms with Crippen LogP contribution in [0.5, 0.6) is 5.75 Å². The number of thiazole rings is 1. The molecule has 2 aromatic rings. The smallest absolute Gasteiger partial charge is 0.222 e. The molecule has 0 saturated carbocycles. The molecule has 0 aliphatic carbocycles. The monoisotopic (exact) mass is 253 g/mol. The van der Waals surface area contributed by atoms with E-state index in [4.69, 9.17) is 9.84 Å². The highest BCUT2D eigenvalue weighted by atomic mass is 32.1. The maximum absolute atomic E-state index is 12.5. The molecule has 0 aliphatic rings. The van der Waals surface area contributed by atoms with Crippen LogP contribution in [0.2, 0.25) is 0 Å². The molecule has 1 aromatic carbocycles. The van der Waals surface area contributed by atoms with Gasteiger partial charge in [0.15, 0.2) is 0 Å². The Morgan fingerprint density at radius 2 is 2.12 bits per heavy atom. The van der Waals surface area contributed by atoms with Gasteiger partial charge >= 0.3 is 0 Å². The SMILES string of the molecule is Cc1nc(COc2ccc(C(O)F)cc2)cs1. The molecule has 1 N–H and O–H groups in total. The predicted molar refractivity (Wildman–Crippen MR) is 63.7 cm³/mol. The average molecular weight is 253 g/mol. The van der Waals surface area contributed by atoms with Gasteiger partial charge in [-0.15, -0.1) is 11.3 Å². The Hall–Kier alpha value is -1.46. The van der Waals surface area contributed by atoms with Gasteiger partial charge in [-0.25, -0.2) is 9.37 Å². The van der Waals surface area contributed by atoms with Crippen LogP contribution in [0.4, 0.5) is 4.39 Å². The van der Waals surface area contributed by atoms with E-state index in [0.29, 0.717) is 12.4 Å². The second-order valence-electron chi connectivity index (χ2n) is 3.55. The summed E-state index contributed by atoms with van der Waals surface area (Å²) >= 11 is 1.57. The number of aliphatic hydroxyl groups is 1. The van der Waals surface area contributed by atoms with Crippen molar-refractivity contribution in [1.29, 1.82) is 0 Å². The molecule has 1 heterocycles. The first-order chi connectivity index (χ1) is 8.15. The van der Waals surface area contributed by atoms with E-state index in [1.54, 1.807) is 23.5 Å². The molecule has 3 nitrogen and oxygen atoms in total. The first kappa shape index (κ1) is 12.0. The Balaban J connectivity index is 1.95. The van der Waals surface area contributed by atoms with E-state index in [1.807, 2.05) is 12.3 Å². The van der Waals surface area contributed by atoms with Gasteiger partial charge in [0.2, 0.25) is 6.36 Å². The van der Waals surface area contributed by atoms with Crippen LogP contribution in [0.15, 0.2) is 29.6 Å². The summed E-state index contributed by atoms with van der Waals surface area (Å²) in [5.41, 5.74) is 1.10. The molecule has 17 heavy (non-hydrogen) atoms. The molecule has 0 radical (unpaired) electrons. The van der Waals surface area contributed by atoms with Gasteiger partial charge in [-0.2, -0.15) is 0 Å². The second kappa shape index (κ2) is 5.25. The van der Waals surface area contributed by atoms with Gasteiger partial charge in [-0.05, 0) is 31.2 Å². The first-order valence-corrected chi connectivity index (χ1v) is 5.99. The predicted octanol–water partition coefficient (Wildman–Crippen LogP) is 2.99. The number of rotatable bonds is 4. The third-order valence-electron chi connectivity index (χ3n) is 2.21. The number of hydrogen-bond donors (Lipinski definition) is 1. The number of aromatic nitrogens is 1. The van der Waals surface area contributed by atoms with Gasteiger partial charge in [0.1, 0.15) is 12.4 Å². The van der Waals surface area contributed by atoms with Crippen LogP contribution < -0.4 is 4.74 Å². The lowest BCUT2D eigenvalue weighted by molar-refractivity contribution is 0.0411. The van der Waals surface area contributed by atoms with Gasteiger partial charge in [0, 0.05) is 10.9 Å². The van der Waals surface area contributed by atoms with Crippen LogP contribution in [0.25, 0.3) is 0 Å². The van der Waals surface area contributed by atoms with E-state index in [0.717, 1.165) is 10.7 Å². The average Bonchev–Trinajstić information content (AvgIpc) is 2.73. The molecule has 0 aliphatic heterocycles. The lowest BCUT2D eigenvalue weighted by Gasteiger charge is -2.05. The normalized spacial score (nSPS) is 12.4. The standard InChI is InChI=1S/C12H12FNO2S/c1-8-14-10(7-17-8)6-16-11-4-2-9(3-5-11)12(13)15/h2-5,7,12,15H,6H2,1H3. The van der Waals surface area contributed by atoms with Gasteiger partial charge in [-0.1, -0.05) is 0 Å². The minimum Gasteiger partial charge on any atom is -0.487 e. The molecule has 0 amide bonds. The number of nitrogens with zero attached hydrogens (tertiary/aromatic N) is 1. The highest BCUT2D eigenvalue weighted by Crippen LogP contribution is 2.19. The van der Waals surface area contributed by atoms with E-state index in [9.17, 15) is 4.39 Å². The Bertz CT molecular complexity index is 482. The molecular weight excluding hydrogens is 241 g/mol. The topological polar surface area (TPSA) is 42.4 Å². The summed E-state index contributed by atoms with van der Waals surface area (Å²) in [7, 11) is 0. The number of alkyl halides is 1. The van der Waals surface area contributed by atoms with E-state index in [-0.39, 0.29) is 5.56 Å². The van der Waals surface area contributed by atoms with Crippen molar-refractivity contribution >= 4 is 11.3 Å². The van der Waals surface area contributed by atoms with Gasteiger partial charge in [0.25, 0.3) is 0 Å². The van der Waals surface area contributed by atoms with E-state index < -0.39 is 6.36 Å². The highest BCUT2D eigenvalue weighted by molar-refractivity contribution is 7.09. The minimum absolute atomic E-state index is 0.224. The van der Waals surface area contributed by atoms with Gasteiger partial charge < -0.3 is 9.84 Å². The van der Waals surface area contributed by atoms with Crippen molar-refractivity contribution in [2.75, 3.05) is 0 Å². The summed E-state index contributed by atoms with van der Waals surface area (Å²) in [5.74, 6) is 0.625. The van der Waals surface area contributed by atoms with Crippen molar-refractivity contribution in [2.45, 2.75) is 19.9 Å². The van der Waals surface area contributed by atoms with E-state index >= 15 is 0 Å². The summed E-state index contributed by atoms with van der Waals surface area (Å²) in [6, 6.07) is 6.23. The third-order valence-corrected chi connectivity index (χ3v) is 3.03. The van der Waals surface area contributed by atoms with Crippen LogP contribution in [0, 0.1) is 6.92 Å². The number of aryl methyl sites for hydroxylation is 1. The van der Waals surface area contributed by atoms with E-state index in [1.165, 1.54) is 12.1 Å². The molecule has 5 heteroatoms. The zero-order chi connectivity index (χ0) is 12.3. The highest BCUT2D eigenvalue weighted by Gasteiger charge is 2.04. The lowest BCUT2D eigenvalue weighted by Crippen LogP contribution is -1.96. The summed E-state index contributed by atoms with van der Waals surface area (Å²) in [6.45, 7) is 2.33. The van der Waals surface area contributed by atoms with Crippen molar-refractivity contribution in [3.63, 3.8) is 0 Å². The van der Waals surface area contributed by atoms with Crippen molar-refractivity contribution in [3.05, 3.63) is 45.9 Å². The molecule has 0 bridgehead atoms. The second-order valence-corrected chi connectivity index (χ2v) is 4.61. The van der Waals surface area contributed by atoms with Crippen LogP contribution in [0.3, 0.4) is 0 Å². The summed E-state index contributed by atoms with van der Waals surface area (Å²) < 4.78 is 18.0. The van der Waals surface area contributed by atoms with Crippen molar-refractivity contribution in [2.24, 2.45) is 0 Å². The Morgan fingerprint density at radius 3 is 2.65 bits per heavy atom. The molecule has 0 fully saturated rings. The largest absolute Gasteiger partial charge is 0.487 e. The number of halogens is 1. The zero-order valence-corrected chi connectivity index (χ0v) is 10.1. The Morgan fingerprint density at radius 1 is 1.41 bits per heavy atom. The molecule has 1 unspecified atom stereocenters. The van der Waals surface area contributed by atoms with Crippen molar-refractivity contribution in [3.8, 4) is 5.75 Å². The maximum Gasteiger partial charge on any atom is 0.222 e. The fraction of sp³-hybridized carbons (Fsp3) is 0.250. The van der Waals surface area contributed by atoms with Gasteiger partial charge in [-0.3, -0.25) is 0 Å². The maximum atomic E-state index is 12.5. The third kappa shape index (κ3) is 3.25. The van der Waals surface area contributed by atoms with E-state index in [2.05, 4.69) is 4.98 Å². The van der Waals surface area contributed by atoms with Crippen LogP contribution in [0.1, 0.15) is 22.6 Å². The fourth-order valence-electron chi connectivity index (χ4n) is 1.35. The van der Waals surface area contributed by atoms with Crippen LogP contribution in [-0.2, 0) is 6.61 Å². The fourth-order valence-corrected chi connectivity index (χ4v) is 1.95.